The van der Waals surface area contributed by atoms with Gasteiger partial charge in [0.05, 0.1) is 22.8 Å². The first-order valence-electron chi connectivity index (χ1n) is 13.7. The largest absolute Gasteiger partial charge is 0.353 e. The van der Waals surface area contributed by atoms with Crippen LogP contribution in [0, 0.1) is 23.2 Å². The van der Waals surface area contributed by atoms with Crippen molar-refractivity contribution in [2.24, 2.45) is 5.73 Å². The van der Waals surface area contributed by atoms with E-state index < -0.39 is 5.54 Å². The van der Waals surface area contributed by atoms with E-state index in [0.717, 1.165) is 65.2 Å². The van der Waals surface area contributed by atoms with Gasteiger partial charge in [-0.3, -0.25) is 9.88 Å². The number of rotatable bonds is 5. The zero-order valence-electron chi connectivity index (χ0n) is 23.1. The highest BCUT2D eigenvalue weighted by Crippen LogP contribution is 2.36. The summed E-state index contributed by atoms with van der Waals surface area (Å²) >= 11 is 0. The molecule has 40 heavy (non-hydrogen) atoms. The molecule has 4 aromatic heterocycles. The number of hydrogen-bond acceptors (Lipinski definition) is 7. The van der Waals surface area contributed by atoms with Crippen LogP contribution in [-0.2, 0) is 13.0 Å². The normalized spacial score (nSPS) is 18.6. The number of piperazine rings is 1. The average Bonchev–Trinajstić information content (AvgIpc) is 3.37. The van der Waals surface area contributed by atoms with Crippen molar-refractivity contribution in [1.82, 2.24) is 24.5 Å². The fourth-order valence-corrected chi connectivity index (χ4v) is 5.74. The van der Waals surface area contributed by atoms with E-state index in [9.17, 15) is 5.26 Å². The van der Waals surface area contributed by atoms with Crippen LogP contribution >= 0.6 is 0 Å². The molecule has 0 aromatic carbocycles. The molecule has 2 bridgehead atoms. The molecule has 0 spiro atoms. The fraction of sp³-hybridized carbons (Fsp3) is 0.355. The van der Waals surface area contributed by atoms with E-state index in [1.54, 1.807) is 10.7 Å². The van der Waals surface area contributed by atoms with Crippen molar-refractivity contribution >= 4 is 24.6 Å². The Morgan fingerprint density at radius 3 is 2.58 bits per heavy atom. The molecule has 0 saturated carbocycles. The molecule has 2 atom stereocenters. The van der Waals surface area contributed by atoms with Crippen molar-refractivity contribution in [3.63, 3.8) is 0 Å². The Morgan fingerprint density at radius 2 is 1.93 bits per heavy atom. The Morgan fingerprint density at radius 1 is 1.12 bits per heavy atom. The number of aryl methyl sites for hydroxylation is 1. The van der Waals surface area contributed by atoms with Crippen LogP contribution in [0.4, 0.5) is 5.82 Å². The third kappa shape index (κ3) is 4.95. The molecule has 2 radical (unpaired) electrons. The summed E-state index contributed by atoms with van der Waals surface area (Å²) in [5, 5.41) is 14.1. The first-order valence-corrected chi connectivity index (χ1v) is 13.7. The molecule has 3 fully saturated rings. The number of nitriles is 1. The van der Waals surface area contributed by atoms with Crippen molar-refractivity contribution in [2.45, 2.75) is 57.8 Å². The number of hydrogen-bond donors (Lipinski definition) is 1. The summed E-state index contributed by atoms with van der Waals surface area (Å²) in [5.74, 6) is 7.19. The quantitative estimate of drug-likeness (QED) is 0.315. The smallest absolute Gasteiger partial charge is 0.128 e. The van der Waals surface area contributed by atoms with Crippen LogP contribution in [0.3, 0.4) is 0 Å². The van der Waals surface area contributed by atoms with Gasteiger partial charge in [-0.15, -0.1) is 0 Å². The number of fused-ring (bicyclic) bond motifs is 3. The van der Waals surface area contributed by atoms with Crippen LogP contribution in [0.5, 0.6) is 0 Å². The van der Waals surface area contributed by atoms with Crippen LogP contribution in [0.1, 0.15) is 49.6 Å². The molecule has 0 amide bonds. The number of nitrogens with two attached hydrogens (primary N) is 1. The van der Waals surface area contributed by atoms with E-state index in [0.29, 0.717) is 17.6 Å². The van der Waals surface area contributed by atoms with Gasteiger partial charge in [-0.25, -0.2) is 9.50 Å². The molecule has 7 rings (SSSR count). The summed E-state index contributed by atoms with van der Waals surface area (Å²) in [6, 6.07) is 11.4. The Bertz CT molecular complexity index is 1670. The molecule has 8 nitrogen and oxygen atoms in total. The molecule has 7 heterocycles. The molecular weight excluding hydrogens is 495 g/mol. The predicted octanol–water partition coefficient (Wildman–Crippen LogP) is 2.57. The van der Waals surface area contributed by atoms with Crippen molar-refractivity contribution in [1.29, 1.82) is 5.26 Å². The maximum atomic E-state index is 9.69. The summed E-state index contributed by atoms with van der Waals surface area (Å²) < 4.78 is 1.71. The minimum atomic E-state index is -0.616. The minimum absolute atomic E-state index is 0.485. The molecule has 3 saturated heterocycles. The summed E-state index contributed by atoms with van der Waals surface area (Å²) in [4.78, 5) is 14.3. The van der Waals surface area contributed by atoms with Gasteiger partial charge in [0.1, 0.15) is 19.7 Å². The fourth-order valence-electron chi connectivity index (χ4n) is 5.74. The van der Waals surface area contributed by atoms with Gasteiger partial charge in [-0.05, 0) is 50.5 Å². The Kier molecular flexibility index (Phi) is 6.58. The van der Waals surface area contributed by atoms with Crippen molar-refractivity contribution in [3.05, 3.63) is 71.4 Å². The number of anilines is 1. The first kappa shape index (κ1) is 26.1. The van der Waals surface area contributed by atoms with E-state index in [-0.39, 0.29) is 0 Å². The van der Waals surface area contributed by atoms with Gasteiger partial charge in [0.25, 0.3) is 0 Å². The zero-order valence-corrected chi connectivity index (χ0v) is 23.1. The zero-order chi connectivity index (χ0) is 28.0. The number of piperidine rings is 1. The summed E-state index contributed by atoms with van der Waals surface area (Å²) in [5.41, 5.74) is 12.2. The summed E-state index contributed by atoms with van der Waals surface area (Å²) in [6.07, 6.45) is 9.31. The van der Waals surface area contributed by atoms with Gasteiger partial charge in [0.15, 0.2) is 0 Å². The first-order chi connectivity index (χ1) is 19.2. The van der Waals surface area contributed by atoms with Crippen LogP contribution in [0.15, 0.2) is 49.1 Å². The summed E-state index contributed by atoms with van der Waals surface area (Å²) in [6.45, 7) is 8.55. The van der Waals surface area contributed by atoms with E-state index in [4.69, 9.17) is 18.6 Å². The molecule has 3 aliphatic heterocycles. The van der Waals surface area contributed by atoms with Gasteiger partial charge < -0.3 is 10.6 Å². The van der Waals surface area contributed by atoms with Gasteiger partial charge in [-0.1, -0.05) is 30.3 Å². The second kappa shape index (κ2) is 10.1. The van der Waals surface area contributed by atoms with E-state index in [1.807, 2.05) is 38.5 Å². The van der Waals surface area contributed by atoms with Crippen molar-refractivity contribution in [2.75, 3.05) is 18.0 Å². The Labute approximate surface area is 236 Å². The maximum absolute atomic E-state index is 9.69. The maximum Gasteiger partial charge on any atom is 0.128 e. The van der Waals surface area contributed by atoms with Gasteiger partial charge in [-0.2, -0.15) is 10.4 Å². The van der Waals surface area contributed by atoms with Crippen molar-refractivity contribution < 1.29 is 0 Å². The third-order valence-electron chi connectivity index (χ3n) is 7.75. The monoisotopic (exact) mass is 526 g/mol. The SMILES string of the molecule is [B]c1cc(CN2C3CC2CN(c2ccc(-c4cc(C#CC(C)(C)N)cn5ncc(C#N)c45)cn2)C3)cnc1CC. The molecular formula is C31H31BN8. The van der Waals surface area contributed by atoms with Crippen LogP contribution in [-0.4, -0.2) is 63.0 Å². The van der Waals surface area contributed by atoms with Crippen molar-refractivity contribution in [3.8, 4) is 29.0 Å². The molecule has 198 valence electrons. The number of pyridine rings is 3. The Hall–Kier alpha value is -4.18. The topological polar surface area (TPSA) is 99.4 Å². The highest BCUT2D eigenvalue weighted by atomic mass is 15.4. The molecule has 0 aliphatic carbocycles. The lowest BCUT2D eigenvalue weighted by Crippen LogP contribution is -2.68. The average molecular weight is 526 g/mol. The predicted molar refractivity (Wildman–Crippen MR) is 157 cm³/mol. The highest BCUT2D eigenvalue weighted by Gasteiger charge is 2.44. The molecule has 4 aromatic rings. The van der Waals surface area contributed by atoms with Crippen LogP contribution in [0.25, 0.3) is 16.6 Å². The lowest BCUT2D eigenvalue weighted by molar-refractivity contribution is -0.00874. The lowest BCUT2D eigenvalue weighted by atomic mass is 9.86. The standard InChI is InChI=1S/C31H31BN8/c1-4-28-27(32)10-21(13-35-28)16-39-24-11-25(39)19-38(18-24)29-6-5-22(14-36-29)26-9-20(7-8-31(2,3)34)17-40-30(26)23(12-33)15-37-40/h5-6,9-10,13-15,17,24-25H,4,11,16,18-19,34H2,1-3H3. The number of aromatic nitrogens is 4. The Balaban J connectivity index is 1.21. The minimum Gasteiger partial charge on any atom is -0.353 e. The van der Waals surface area contributed by atoms with Crippen LogP contribution < -0.4 is 16.1 Å². The van der Waals surface area contributed by atoms with E-state index in [2.05, 4.69) is 62.9 Å². The van der Waals surface area contributed by atoms with Gasteiger partial charge >= 0.3 is 0 Å². The number of nitrogens with zero attached hydrogens (tertiary/aromatic N) is 7. The molecule has 2 N–H and O–H groups in total. The molecule has 3 aliphatic rings. The van der Waals surface area contributed by atoms with Gasteiger partial charge in [0.2, 0.25) is 0 Å². The molecule has 2 unspecified atom stereocenters. The van der Waals surface area contributed by atoms with Gasteiger partial charge in [0, 0.05) is 72.7 Å². The van der Waals surface area contributed by atoms with E-state index >= 15 is 0 Å². The summed E-state index contributed by atoms with van der Waals surface area (Å²) in [7, 11) is 6.19. The second-order valence-electron chi connectivity index (χ2n) is 11.3. The third-order valence-corrected chi connectivity index (χ3v) is 7.75. The molecule has 9 heteroatoms. The van der Waals surface area contributed by atoms with E-state index in [1.165, 1.54) is 12.0 Å². The van der Waals surface area contributed by atoms with Crippen LogP contribution in [0.2, 0.25) is 0 Å². The highest BCUT2D eigenvalue weighted by molar-refractivity contribution is 6.33. The second-order valence-corrected chi connectivity index (χ2v) is 11.3. The lowest BCUT2D eigenvalue weighted by Gasteiger charge is -2.56.